The minimum atomic E-state index is 0.459. The van der Waals surface area contributed by atoms with Crippen molar-refractivity contribution in [2.75, 3.05) is 52.7 Å². The lowest BCUT2D eigenvalue weighted by molar-refractivity contribution is 0.0169. The van der Waals surface area contributed by atoms with Crippen LogP contribution < -0.4 is 4.74 Å². The zero-order valence-electron chi connectivity index (χ0n) is 15.7. The summed E-state index contributed by atoms with van der Waals surface area (Å²) in [6.07, 6.45) is 0. The summed E-state index contributed by atoms with van der Waals surface area (Å²) in [4.78, 5) is 2.38. The molecular formula is C20H33NO3. The summed E-state index contributed by atoms with van der Waals surface area (Å²) in [5, 5.41) is 0. The molecular weight excluding hydrogens is 302 g/mol. The molecule has 1 heterocycles. The van der Waals surface area contributed by atoms with Gasteiger partial charge in [-0.15, -0.1) is 0 Å². The Labute approximate surface area is 147 Å². The summed E-state index contributed by atoms with van der Waals surface area (Å²) in [6.45, 7) is 15.5. The van der Waals surface area contributed by atoms with E-state index in [0.717, 1.165) is 45.2 Å². The monoisotopic (exact) mass is 335 g/mol. The van der Waals surface area contributed by atoms with E-state index < -0.39 is 0 Å². The van der Waals surface area contributed by atoms with Crippen LogP contribution in [0.4, 0.5) is 0 Å². The summed E-state index contributed by atoms with van der Waals surface area (Å²) in [5.74, 6) is 1.97. The second-order valence-electron chi connectivity index (χ2n) is 6.99. The van der Waals surface area contributed by atoms with E-state index in [1.807, 2.05) is 0 Å². The highest BCUT2D eigenvalue weighted by Crippen LogP contribution is 2.34. The first-order chi connectivity index (χ1) is 11.6. The molecule has 0 spiro atoms. The lowest BCUT2D eigenvalue weighted by atomic mass is 9.94. The number of rotatable bonds is 9. The summed E-state index contributed by atoms with van der Waals surface area (Å²) in [7, 11) is 0. The Kier molecular flexibility index (Phi) is 8.03. The molecule has 1 aromatic rings. The number of nitrogens with zero attached hydrogens (tertiary/aromatic N) is 1. The minimum Gasteiger partial charge on any atom is -0.491 e. The van der Waals surface area contributed by atoms with Gasteiger partial charge in [-0.05, 0) is 23.0 Å². The van der Waals surface area contributed by atoms with Crippen LogP contribution in [0, 0.1) is 0 Å². The van der Waals surface area contributed by atoms with Crippen LogP contribution in [-0.4, -0.2) is 57.6 Å². The summed E-state index contributed by atoms with van der Waals surface area (Å²) in [5.41, 5.74) is 2.57. The Bertz CT molecular complexity index is 456. The molecule has 0 radical (unpaired) electrons. The van der Waals surface area contributed by atoms with Gasteiger partial charge in [0, 0.05) is 19.6 Å². The standard InChI is InChI=1S/C20H33NO3/c1-16(2)18-6-5-7-19(17(3)4)20(18)24-15-14-23-13-10-21-8-11-22-12-9-21/h5-7,16-17H,8-15H2,1-4H3. The molecule has 1 fully saturated rings. The number of ether oxygens (including phenoxy) is 3. The number of benzene rings is 1. The minimum absolute atomic E-state index is 0.459. The van der Waals surface area contributed by atoms with Crippen LogP contribution in [0.5, 0.6) is 5.75 Å². The molecule has 0 aliphatic carbocycles. The topological polar surface area (TPSA) is 30.9 Å². The summed E-state index contributed by atoms with van der Waals surface area (Å²) in [6, 6.07) is 6.48. The van der Waals surface area contributed by atoms with Gasteiger partial charge < -0.3 is 14.2 Å². The van der Waals surface area contributed by atoms with Crippen molar-refractivity contribution in [3.8, 4) is 5.75 Å². The summed E-state index contributed by atoms with van der Waals surface area (Å²) >= 11 is 0. The zero-order valence-corrected chi connectivity index (χ0v) is 15.7. The van der Waals surface area contributed by atoms with Gasteiger partial charge >= 0.3 is 0 Å². The normalized spacial score (nSPS) is 16.1. The van der Waals surface area contributed by atoms with E-state index in [4.69, 9.17) is 14.2 Å². The molecule has 0 aromatic heterocycles. The van der Waals surface area contributed by atoms with Crippen LogP contribution in [0.2, 0.25) is 0 Å². The molecule has 1 aliphatic rings. The summed E-state index contributed by atoms with van der Waals surface area (Å²) < 4.78 is 17.2. The third-order valence-electron chi connectivity index (χ3n) is 4.45. The molecule has 1 saturated heterocycles. The quantitative estimate of drug-likeness (QED) is 0.645. The van der Waals surface area contributed by atoms with Crippen molar-refractivity contribution >= 4 is 0 Å². The highest BCUT2D eigenvalue weighted by Gasteiger charge is 2.15. The van der Waals surface area contributed by atoms with Crippen LogP contribution in [-0.2, 0) is 9.47 Å². The van der Waals surface area contributed by atoms with Crippen LogP contribution in [0.3, 0.4) is 0 Å². The lowest BCUT2D eigenvalue weighted by Gasteiger charge is -2.26. The van der Waals surface area contributed by atoms with Gasteiger partial charge in [-0.1, -0.05) is 45.9 Å². The maximum Gasteiger partial charge on any atom is 0.126 e. The average molecular weight is 335 g/mol. The van der Waals surface area contributed by atoms with Crippen molar-refractivity contribution in [2.24, 2.45) is 0 Å². The van der Waals surface area contributed by atoms with Crippen molar-refractivity contribution in [3.05, 3.63) is 29.3 Å². The Hall–Kier alpha value is -1.10. The second kappa shape index (κ2) is 10.0. The van der Waals surface area contributed by atoms with Gasteiger partial charge in [-0.2, -0.15) is 0 Å². The molecule has 0 unspecified atom stereocenters. The van der Waals surface area contributed by atoms with Gasteiger partial charge in [0.1, 0.15) is 12.4 Å². The first-order valence-electron chi connectivity index (χ1n) is 9.23. The molecule has 2 rings (SSSR count). The van der Waals surface area contributed by atoms with Gasteiger partial charge in [0.15, 0.2) is 0 Å². The predicted molar refractivity (Wildman–Crippen MR) is 98.2 cm³/mol. The van der Waals surface area contributed by atoms with Crippen molar-refractivity contribution in [1.29, 1.82) is 0 Å². The first-order valence-corrected chi connectivity index (χ1v) is 9.23. The third-order valence-corrected chi connectivity index (χ3v) is 4.45. The number of hydrogen-bond donors (Lipinski definition) is 0. The third kappa shape index (κ3) is 5.76. The Morgan fingerprint density at radius 1 is 0.958 bits per heavy atom. The van der Waals surface area contributed by atoms with E-state index in [0.29, 0.717) is 25.0 Å². The largest absolute Gasteiger partial charge is 0.491 e. The Morgan fingerprint density at radius 3 is 2.17 bits per heavy atom. The molecule has 1 aliphatic heterocycles. The van der Waals surface area contributed by atoms with Gasteiger partial charge in [-0.3, -0.25) is 4.90 Å². The van der Waals surface area contributed by atoms with Gasteiger partial charge in [0.2, 0.25) is 0 Å². The van der Waals surface area contributed by atoms with Crippen molar-refractivity contribution in [2.45, 2.75) is 39.5 Å². The van der Waals surface area contributed by atoms with E-state index in [9.17, 15) is 0 Å². The van der Waals surface area contributed by atoms with Gasteiger partial charge in [0.05, 0.1) is 26.4 Å². The fourth-order valence-corrected chi connectivity index (χ4v) is 2.97. The molecule has 0 atom stereocenters. The van der Waals surface area contributed by atoms with Crippen LogP contribution >= 0.6 is 0 Å². The van der Waals surface area contributed by atoms with Crippen LogP contribution in [0.25, 0.3) is 0 Å². The molecule has 136 valence electrons. The first kappa shape index (κ1) is 19.2. The molecule has 1 aromatic carbocycles. The van der Waals surface area contributed by atoms with Crippen molar-refractivity contribution < 1.29 is 14.2 Å². The maximum absolute atomic E-state index is 6.12. The van der Waals surface area contributed by atoms with E-state index in [2.05, 4.69) is 50.8 Å². The highest BCUT2D eigenvalue weighted by molar-refractivity contribution is 5.44. The molecule has 4 nitrogen and oxygen atoms in total. The molecule has 0 saturated carbocycles. The highest BCUT2D eigenvalue weighted by atomic mass is 16.5. The number of para-hydroxylation sites is 1. The van der Waals surface area contributed by atoms with Gasteiger partial charge in [0.25, 0.3) is 0 Å². The molecule has 4 heteroatoms. The zero-order chi connectivity index (χ0) is 17.4. The molecule has 0 amide bonds. The predicted octanol–water partition coefficient (Wildman–Crippen LogP) is 3.66. The van der Waals surface area contributed by atoms with Gasteiger partial charge in [-0.25, -0.2) is 0 Å². The van der Waals surface area contributed by atoms with E-state index in [1.165, 1.54) is 11.1 Å². The van der Waals surface area contributed by atoms with Crippen molar-refractivity contribution in [3.63, 3.8) is 0 Å². The van der Waals surface area contributed by atoms with E-state index >= 15 is 0 Å². The fourth-order valence-electron chi connectivity index (χ4n) is 2.97. The SMILES string of the molecule is CC(C)c1cccc(C(C)C)c1OCCOCCN1CCOCC1. The van der Waals surface area contributed by atoms with E-state index in [1.54, 1.807) is 0 Å². The second-order valence-corrected chi connectivity index (χ2v) is 6.99. The Morgan fingerprint density at radius 2 is 1.58 bits per heavy atom. The maximum atomic E-state index is 6.12. The van der Waals surface area contributed by atoms with Crippen LogP contribution in [0.15, 0.2) is 18.2 Å². The fraction of sp³-hybridized carbons (Fsp3) is 0.700. The number of morpholine rings is 1. The van der Waals surface area contributed by atoms with Crippen molar-refractivity contribution in [1.82, 2.24) is 4.90 Å². The van der Waals surface area contributed by atoms with E-state index in [-0.39, 0.29) is 0 Å². The lowest BCUT2D eigenvalue weighted by Crippen LogP contribution is -2.38. The number of hydrogen-bond acceptors (Lipinski definition) is 4. The van der Waals surface area contributed by atoms with Crippen LogP contribution in [0.1, 0.15) is 50.7 Å². The Balaban J connectivity index is 1.76. The average Bonchev–Trinajstić information content (AvgIpc) is 2.58. The molecule has 0 bridgehead atoms. The smallest absolute Gasteiger partial charge is 0.126 e. The molecule has 24 heavy (non-hydrogen) atoms. The molecule has 0 N–H and O–H groups in total.